The molecule has 2 N–H and O–H groups in total. The van der Waals surface area contributed by atoms with E-state index in [1.54, 1.807) is 6.20 Å². The molecule has 9 nitrogen and oxygen atoms in total. The van der Waals surface area contributed by atoms with Crippen molar-refractivity contribution in [2.45, 2.75) is 45.7 Å². The number of aromatic nitrogens is 7. The lowest BCUT2D eigenvalue weighted by Crippen LogP contribution is -2.34. The van der Waals surface area contributed by atoms with Crippen LogP contribution in [0.15, 0.2) is 24.5 Å². The molecule has 27 heavy (non-hydrogen) atoms. The van der Waals surface area contributed by atoms with Gasteiger partial charge < -0.3 is 15.2 Å². The quantitative estimate of drug-likeness (QED) is 0.730. The minimum atomic E-state index is 0.334. The Hall–Kier alpha value is -2.97. The standard InChI is InChI=1S/C18H25N9/c1-3-27-16(12-26-8-4-7-20-26)23-24-17(27)14-5-9-25(10-6-14)15-11-13(2)21-18(19)22-15/h4,7-8,11,14H,3,5-6,9-10,12H2,1-2H3,(H2,19,21,22). The number of piperidine rings is 1. The lowest BCUT2D eigenvalue weighted by atomic mass is 9.96. The van der Waals surface area contributed by atoms with E-state index in [2.05, 4.69) is 41.7 Å². The second-order valence-electron chi connectivity index (χ2n) is 6.91. The van der Waals surface area contributed by atoms with E-state index < -0.39 is 0 Å². The van der Waals surface area contributed by atoms with Gasteiger partial charge in [-0.15, -0.1) is 10.2 Å². The molecule has 4 heterocycles. The highest BCUT2D eigenvalue weighted by Crippen LogP contribution is 2.29. The highest BCUT2D eigenvalue weighted by molar-refractivity contribution is 5.43. The Balaban J connectivity index is 1.47. The number of nitrogen functional groups attached to an aromatic ring is 1. The SMILES string of the molecule is CCn1c(Cn2cccn2)nnc1C1CCN(c2cc(C)nc(N)n2)CC1. The Kier molecular flexibility index (Phi) is 4.74. The van der Waals surface area contributed by atoms with Gasteiger partial charge in [-0.3, -0.25) is 4.68 Å². The van der Waals surface area contributed by atoms with Gasteiger partial charge in [-0.1, -0.05) is 0 Å². The summed E-state index contributed by atoms with van der Waals surface area (Å²) < 4.78 is 4.11. The average molecular weight is 367 g/mol. The summed E-state index contributed by atoms with van der Waals surface area (Å²) in [5, 5.41) is 13.2. The molecule has 0 amide bonds. The molecule has 1 fully saturated rings. The first-order valence-electron chi connectivity index (χ1n) is 9.39. The molecule has 0 atom stereocenters. The van der Waals surface area contributed by atoms with Crippen molar-refractivity contribution < 1.29 is 0 Å². The normalized spacial score (nSPS) is 15.4. The summed E-state index contributed by atoms with van der Waals surface area (Å²) in [6.07, 6.45) is 5.76. The first-order chi connectivity index (χ1) is 13.1. The molecule has 0 saturated carbocycles. The molecule has 1 saturated heterocycles. The molecule has 0 aromatic carbocycles. The summed E-state index contributed by atoms with van der Waals surface area (Å²) >= 11 is 0. The van der Waals surface area contributed by atoms with Crippen LogP contribution in [0.3, 0.4) is 0 Å². The van der Waals surface area contributed by atoms with Crippen LogP contribution in [-0.2, 0) is 13.1 Å². The minimum Gasteiger partial charge on any atom is -0.368 e. The molecule has 9 heteroatoms. The lowest BCUT2D eigenvalue weighted by Gasteiger charge is -2.32. The van der Waals surface area contributed by atoms with Gasteiger partial charge in [0, 0.05) is 49.7 Å². The van der Waals surface area contributed by atoms with E-state index in [1.165, 1.54) is 0 Å². The van der Waals surface area contributed by atoms with E-state index in [1.807, 2.05) is 29.9 Å². The van der Waals surface area contributed by atoms with E-state index in [0.29, 0.717) is 18.4 Å². The second kappa shape index (κ2) is 7.34. The van der Waals surface area contributed by atoms with Crippen LogP contribution in [0.5, 0.6) is 0 Å². The van der Waals surface area contributed by atoms with Crippen molar-refractivity contribution in [2.24, 2.45) is 0 Å². The highest BCUT2D eigenvalue weighted by atomic mass is 15.3. The maximum atomic E-state index is 5.80. The van der Waals surface area contributed by atoms with Crippen LogP contribution < -0.4 is 10.6 Å². The summed E-state index contributed by atoms with van der Waals surface area (Å²) in [6, 6.07) is 3.91. The molecule has 0 aliphatic carbocycles. The third-order valence-corrected chi connectivity index (χ3v) is 5.08. The summed E-state index contributed by atoms with van der Waals surface area (Å²) in [7, 11) is 0. The van der Waals surface area contributed by atoms with E-state index in [0.717, 1.165) is 55.6 Å². The van der Waals surface area contributed by atoms with Gasteiger partial charge >= 0.3 is 0 Å². The maximum Gasteiger partial charge on any atom is 0.222 e. The predicted molar refractivity (Wildman–Crippen MR) is 102 cm³/mol. The number of nitrogens with two attached hydrogens (primary N) is 1. The van der Waals surface area contributed by atoms with Gasteiger partial charge in [0.1, 0.15) is 18.2 Å². The van der Waals surface area contributed by atoms with Crippen LogP contribution in [0.4, 0.5) is 11.8 Å². The van der Waals surface area contributed by atoms with Crippen LogP contribution in [0.2, 0.25) is 0 Å². The Morgan fingerprint density at radius 2 is 2.00 bits per heavy atom. The number of anilines is 2. The molecule has 3 aromatic rings. The van der Waals surface area contributed by atoms with Crippen molar-refractivity contribution in [2.75, 3.05) is 23.7 Å². The molecule has 0 radical (unpaired) electrons. The fourth-order valence-electron chi connectivity index (χ4n) is 3.75. The average Bonchev–Trinajstić information content (AvgIpc) is 3.31. The molecule has 0 unspecified atom stereocenters. The summed E-state index contributed by atoms with van der Waals surface area (Å²) in [4.78, 5) is 10.8. The Morgan fingerprint density at radius 1 is 1.19 bits per heavy atom. The monoisotopic (exact) mass is 367 g/mol. The Morgan fingerprint density at radius 3 is 2.67 bits per heavy atom. The van der Waals surface area contributed by atoms with Crippen molar-refractivity contribution in [3.63, 3.8) is 0 Å². The second-order valence-corrected chi connectivity index (χ2v) is 6.91. The van der Waals surface area contributed by atoms with Gasteiger partial charge in [0.2, 0.25) is 5.95 Å². The molecule has 1 aliphatic heterocycles. The summed E-state index contributed by atoms with van der Waals surface area (Å²) in [6.45, 7) is 7.43. The Labute approximate surface area is 158 Å². The van der Waals surface area contributed by atoms with Crippen LogP contribution in [0, 0.1) is 6.92 Å². The third-order valence-electron chi connectivity index (χ3n) is 5.08. The maximum absolute atomic E-state index is 5.80. The predicted octanol–water partition coefficient (Wildman–Crippen LogP) is 1.61. The minimum absolute atomic E-state index is 0.334. The lowest BCUT2D eigenvalue weighted by molar-refractivity contribution is 0.461. The number of nitrogens with zero attached hydrogens (tertiary/aromatic N) is 8. The molecule has 142 valence electrons. The van der Waals surface area contributed by atoms with Gasteiger partial charge in [0.05, 0.1) is 0 Å². The fraction of sp³-hybridized carbons (Fsp3) is 0.500. The zero-order valence-corrected chi connectivity index (χ0v) is 15.8. The molecule has 4 rings (SSSR count). The van der Waals surface area contributed by atoms with Crippen LogP contribution >= 0.6 is 0 Å². The van der Waals surface area contributed by atoms with Crippen molar-refractivity contribution in [3.05, 3.63) is 41.9 Å². The zero-order valence-electron chi connectivity index (χ0n) is 15.8. The van der Waals surface area contributed by atoms with E-state index in [4.69, 9.17) is 5.73 Å². The molecule has 0 bridgehead atoms. The number of rotatable bonds is 5. The first-order valence-corrected chi connectivity index (χ1v) is 9.39. The van der Waals surface area contributed by atoms with Gasteiger partial charge in [-0.25, -0.2) is 4.98 Å². The largest absolute Gasteiger partial charge is 0.368 e. The van der Waals surface area contributed by atoms with Gasteiger partial charge in [0.15, 0.2) is 5.82 Å². The highest BCUT2D eigenvalue weighted by Gasteiger charge is 2.26. The molecule has 3 aromatic heterocycles. The van der Waals surface area contributed by atoms with Crippen molar-refractivity contribution >= 4 is 11.8 Å². The van der Waals surface area contributed by atoms with E-state index in [-0.39, 0.29) is 0 Å². The molecular weight excluding hydrogens is 342 g/mol. The number of aryl methyl sites for hydroxylation is 1. The first kappa shape index (κ1) is 17.4. The van der Waals surface area contributed by atoms with E-state index in [9.17, 15) is 0 Å². The van der Waals surface area contributed by atoms with Gasteiger partial charge in [-0.2, -0.15) is 10.1 Å². The number of hydrogen-bond acceptors (Lipinski definition) is 7. The number of hydrogen-bond donors (Lipinski definition) is 1. The fourth-order valence-corrected chi connectivity index (χ4v) is 3.75. The van der Waals surface area contributed by atoms with Crippen LogP contribution in [0.25, 0.3) is 0 Å². The zero-order chi connectivity index (χ0) is 18.8. The Bertz CT molecular complexity index is 871. The summed E-state index contributed by atoms with van der Waals surface area (Å²) in [5.41, 5.74) is 6.70. The van der Waals surface area contributed by atoms with Gasteiger partial charge in [-0.05, 0) is 32.8 Å². The third kappa shape index (κ3) is 3.62. The topological polar surface area (TPSA) is 104 Å². The molecule has 0 spiro atoms. The van der Waals surface area contributed by atoms with E-state index >= 15 is 0 Å². The van der Waals surface area contributed by atoms with Crippen LogP contribution in [0.1, 0.15) is 43.0 Å². The van der Waals surface area contributed by atoms with Crippen molar-refractivity contribution in [3.8, 4) is 0 Å². The van der Waals surface area contributed by atoms with Crippen molar-refractivity contribution in [1.82, 2.24) is 34.5 Å². The smallest absolute Gasteiger partial charge is 0.222 e. The van der Waals surface area contributed by atoms with Crippen LogP contribution in [-0.4, -0.2) is 47.6 Å². The molecular formula is C18H25N9. The molecule has 1 aliphatic rings. The van der Waals surface area contributed by atoms with Gasteiger partial charge in [0.25, 0.3) is 0 Å². The van der Waals surface area contributed by atoms with Crippen molar-refractivity contribution in [1.29, 1.82) is 0 Å². The summed E-state index contributed by atoms with van der Waals surface area (Å²) in [5.74, 6) is 3.69.